The van der Waals surface area contributed by atoms with Crippen LogP contribution in [0.4, 0.5) is 0 Å². The van der Waals surface area contributed by atoms with Crippen molar-refractivity contribution >= 4 is 16.4 Å². The first-order chi connectivity index (χ1) is 6.20. The molecular formula is C9H12N2OS. The largest absolute Gasteiger partial charge is 0.281 e. The fraction of sp³-hybridized carbons (Fsp3) is 0.444. The van der Waals surface area contributed by atoms with E-state index in [0.717, 1.165) is 40.5 Å². The number of hydrogen-bond donors (Lipinski definition) is 1. The van der Waals surface area contributed by atoms with Crippen LogP contribution in [0.2, 0.25) is 0 Å². The molecule has 2 heterocycles. The maximum Gasteiger partial charge on any atom is 0.104 e. The molecule has 0 radical (unpaired) electrons. The lowest BCUT2D eigenvalue weighted by molar-refractivity contribution is 0.673. The lowest BCUT2D eigenvalue weighted by Crippen LogP contribution is -2.09. The average molecular weight is 196 g/mol. The standard InChI is InChI=1S/C9H12N2OS/c1-6(2)8-9-7(10-11-8)4-3-5-13(9)12/h1,3-5H2,2H3,(H,10,11). The Labute approximate surface area is 79.7 Å². The van der Waals surface area contributed by atoms with Gasteiger partial charge in [0.25, 0.3) is 0 Å². The second kappa shape index (κ2) is 3.10. The lowest BCUT2D eigenvalue weighted by Gasteiger charge is -2.10. The number of aryl methyl sites for hydroxylation is 1. The Morgan fingerprint density at radius 1 is 1.69 bits per heavy atom. The highest BCUT2D eigenvalue weighted by atomic mass is 32.2. The zero-order chi connectivity index (χ0) is 9.42. The summed E-state index contributed by atoms with van der Waals surface area (Å²) >= 11 is 0. The molecule has 0 saturated carbocycles. The average Bonchev–Trinajstić information content (AvgIpc) is 2.49. The summed E-state index contributed by atoms with van der Waals surface area (Å²) in [5, 5.41) is 7.06. The van der Waals surface area contributed by atoms with Crippen molar-refractivity contribution in [1.82, 2.24) is 10.2 Å². The van der Waals surface area contributed by atoms with Crippen molar-refractivity contribution in [3.8, 4) is 0 Å². The SMILES string of the molecule is C=C(C)c1n[nH]c2c1S(=O)CCC2. The van der Waals surface area contributed by atoms with Crippen LogP contribution in [0, 0.1) is 0 Å². The molecule has 0 saturated heterocycles. The van der Waals surface area contributed by atoms with Gasteiger partial charge in [-0.25, -0.2) is 0 Å². The molecule has 1 aromatic rings. The molecule has 2 rings (SSSR count). The van der Waals surface area contributed by atoms with E-state index in [-0.39, 0.29) is 0 Å². The number of hydrogen-bond acceptors (Lipinski definition) is 2. The second-order valence-corrected chi connectivity index (χ2v) is 4.82. The molecule has 1 unspecified atom stereocenters. The summed E-state index contributed by atoms with van der Waals surface area (Å²) in [6.07, 6.45) is 1.94. The van der Waals surface area contributed by atoms with Crippen molar-refractivity contribution in [2.24, 2.45) is 0 Å². The predicted octanol–water partition coefficient (Wildman–Crippen LogP) is 1.50. The number of nitrogens with one attached hydrogen (secondary N) is 1. The van der Waals surface area contributed by atoms with E-state index >= 15 is 0 Å². The number of fused-ring (bicyclic) bond motifs is 1. The number of aromatic amines is 1. The zero-order valence-corrected chi connectivity index (χ0v) is 8.41. The highest BCUT2D eigenvalue weighted by molar-refractivity contribution is 7.85. The van der Waals surface area contributed by atoms with Gasteiger partial charge in [0.1, 0.15) is 5.69 Å². The summed E-state index contributed by atoms with van der Waals surface area (Å²) < 4.78 is 11.7. The van der Waals surface area contributed by atoms with Crippen LogP contribution in [-0.2, 0) is 17.2 Å². The Bertz CT molecular complexity index is 381. The van der Waals surface area contributed by atoms with Crippen molar-refractivity contribution in [2.75, 3.05) is 5.75 Å². The van der Waals surface area contributed by atoms with Gasteiger partial charge in [-0.2, -0.15) is 5.10 Å². The van der Waals surface area contributed by atoms with E-state index in [9.17, 15) is 4.21 Å². The normalized spacial score (nSPS) is 21.2. The van der Waals surface area contributed by atoms with Gasteiger partial charge in [-0.15, -0.1) is 0 Å². The maximum atomic E-state index is 11.7. The van der Waals surface area contributed by atoms with Gasteiger partial charge in [0.2, 0.25) is 0 Å². The monoisotopic (exact) mass is 196 g/mol. The summed E-state index contributed by atoms with van der Waals surface area (Å²) in [4.78, 5) is 0.888. The first kappa shape index (κ1) is 8.69. The van der Waals surface area contributed by atoms with E-state index in [1.165, 1.54) is 0 Å². The molecule has 0 spiro atoms. The molecule has 0 aromatic carbocycles. The molecule has 0 amide bonds. The van der Waals surface area contributed by atoms with Crippen LogP contribution in [0.3, 0.4) is 0 Å². The van der Waals surface area contributed by atoms with Gasteiger partial charge in [-0.3, -0.25) is 9.31 Å². The summed E-state index contributed by atoms with van der Waals surface area (Å²) in [6.45, 7) is 5.71. The zero-order valence-electron chi connectivity index (χ0n) is 7.59. The first-order valence-electron chi connectivity index (χ1n) is 4.31. The van der Waals surface area contributed by atoms with Gasteiger partial charge >= 0.3 is 0 Å². The van der Waals surface area contributed by atoms with Gasteiger partial charge in [0, 0.05) is 5.75 Å². The molecule has 1 N–H and O–H groups in total. The molecule has 13 heavy (non-hydrogen) atoms. The summed E-state index contributed by atoms with van der Waals surface area (Å²) in [7, 11) is -0.871. The Morgan fingerprint density at radius 2 is 2.46 bits per heavy atom. The minimum Gasteiger partial charge on any atom is -0.281 e. The molecule has 0 aliphatic carbocycles. The molecule has 1 aromatic heterocycles. The van der Waals surface area contributed by atoms with Crippen molar-refractivity contribution < 1.29 is 4.21 Å². The van der Waals surface area contributed by atoms with Crippen molar-refractivity contribution in [1.29, 1.82) is 0 Å². The highest BCUT2D eigenvalue weighted by Crippen LogP contribution is 2.26. The summed E-state index contributed by atoms with van der Waals surface area (Å²) in [5.74, 6) is 0.757. The van der Waals surface area contributed by atoms with Crippen LogP contribution >= 0.6 is 0 Å². The Hall–Kier alpha value is -0.900. The smallest absolute Gasteiger partial charge is 0.104 e. The predicted molar refractivity (Wildman–Crippen MR) is 52.9 cm³/mol. The molecule has 4 heteroatoms. The van der Waals surface area contributed by atoms with Crippen LogP contribution in [0.25, 0.3) is 5.57 Å². The van der Waals surface area contributed by atoms with Crippen LogP contribution in [0.1, 0.15) is 24.7 Å². The van der Waals surface area contributed by atoms with Gasteiger partial charge in [-0.05, 0) is 25.3 Å². The quantitative estimate of drug-likeness (QED) is 0.739. The Balaban J connectivity index is 2.56. The molecule has 3 nitrogen and oxygen atoms in total. The molecule has 0 bridgehead atoms. The van der Waals surface area contributed by atoms with E-state index in [1.54, 1.807) is 0 Å². The van der Waals surface area contributed by atoms with Crippen molar-refractivity contribution in [2.45, 2.75) is 24.7 Å². The number of H-pyrrole nitrogens is 1. The topological polar surface area (TPSA) is 45.8 Å². The molecule has 0 fully saturated rings. The molecule has 1 aliphatic rings. The van der Waals surface area contributed by atoms with Crippen LogP contribution in [-0.4, -0.2) is 20.2 Å². The maximum absolute atomic E-state index is 11.7. The summed E-state index contributed by atoms with van der Waals surface area (Å²) in [6, 6.07) is 0. The minimum absolute atomic E-state index is 0.757. The first-order valence-corrected chi connectivity index (χ1v) is 5.63. The Kier molecular flexibility index (Phi) is 2.07. The van der Waals surface area contributed by atoms with Crippen LogP contribution in [0.15, 0.2) is 11.5 Å². The minimum atomic E-state index is -0.871. The number of aromatic nitrogens is 2. The van der Waals surface area contributed by atoms with Crippen molar-refractivity contribution in [3.05, 3.63) is 18.0 Å². The third-order valence-corrected chi connectivity index (χ3v) is 3.73. The number of nitrogens with zero attached hydrogens (tertiary/aromatic N) is 1. The number of allylic oxidation sites excluding steroid dienone is 1. The fourth-order valence-electron chi connectivity index (χ4n) is 1.55. The van der Waals surface area contributed by atoms with E-state index in [0.29, 0.717) is 0 Å². The summed E-state index contributed by atoms with van der Waals surface area (Å²) in [5.41, 5.74) is 2.71. The number of rotatable bonds is 1. The Morgan fingerprint density at radius 3 is 3.15 bits per heavy atom. The van der Waals surface area contributed by atoms with E-state index in [1.807, 2.05) is 6.92 Å². The fourth-order valence-corrected chi connectivity index (χ4v) is 3.02. The second-order valence-electron chi connectivity index (χ2n) is 3.31. The van der Waals surface area contributed by atoms with E-state index in [2.05, 4.69) is 16.8 Å². The van der Waals surface area contributed by atoms with Gasteiger partial charge in [0.15, 0.2) is 0 Å². The van der Waals surface area contributed by atoms with E-state index in [4.69, 9.17) is 0 Å². The van der Waals surface area contributed by atoms with Crippen LogP contribution < -0.4 is 0 Å². The van der Waals surface area contributed by atoms with Gasteiger partial charge in [-0.1, -0.05) is 6.58 Å². The molecular weight excluding hydrogens is 184 g/mol. The van der Waals surface area contributed by atoms with Gasteiger partial charge < -0.3 is 0 Å². The van der Waals surface area contributed by atoms with Crippen molar-refractivity contribution in [3.63, 3.8) is 0 Å². The van der Waals surface area contributed by atoms with Gasteiger partial charge in [0.05, 0.1) is 21.4 Å². The van der Waals surface area contributed by atoms with E-state index < -0.39 is 10.8 Å². The molecule has 70 valence electrons. The third kappa shape index (κ3) is 1.35. The third-order valence-electron chi connectivity index (χ3n) is 2.18. The highest BCUT2D eigenvalue weighted by Gasteiger charge is 2.22. The molecule has 1 atom stereocenters. The van der Waals surface area contributed by atoms with Crippen LogP contribution in [0.5, 0.6) is 0 Å². The molecule has 1 aliphatic heterocycles. The lowest BCUT2D eigenvalue weighted by atomic mass is 10.2.